The van der Waals surface area contributed by atoms with Crippen molar-refractivity contribution in [1.29, 1.82) is 0 Å². The van der Waals surface area contributed by atoms with Gasteiger partial charge in [-0.1, -0.05) is 18.2 Å². The number of carbonyl (C=O) groups is 1. The van der Waals surface area contributed by atoms with E-state index in [1.165, 1.54) is 5.56 Å². The average Bonchev–Trinajstić information content (AvgIpc) is 2.96. The molecule has 0 aliphatic heterocycles. The minimum Gasteiger partial charge on any atom is -0.484 e. The first-order valence-corrected chi connectivity index (χ1v) is 6.82. The molecule has 2 N–H and O–H groups in total. The Balaban J connectivity index is 1.55. The summed E-state index contributed by atoms with van der Waals surface area (Å²) in [6.45, 7) is 0.0317. The number of aromatic amines is 1. The summed E-state index contributed by atoms with van der Waals surface area (Å²) in [5.74, 6) is 0.592. The van der Waals surface area contributed by atoms with Crippen LogP contribution in [0.4, 0.5) is 0 Å². The van der Waals surface area contributed by atoms with Gasteiger partial charge in [0.25, 0.3) is 5.91 Å². The fourth-order valence-corrected chi connectivity index (χ4v) is 2.51. The fourth-order valence-electron chi connectivity index (χ4n) is 2.51. The van der Waals surface area contributed by atoms with Gasteiger partial charge >= 0.3 is 0 Å². The summed E-state index contributed by atoms with van der Waals surface area (Å²) >= 11 is 0. The topological polar surface area (TPSA) is 67.0 Å². The molecule has 5 nitrogen and oxygen atoms in total. The molecule has 0 spiro atoms. The van der Waals surface area contributed by atoms with Crippen LogP contribution in [0.15, 0.2) is 36.5 Å². The molecule has 3 rings (SSSR count). The van der Waals surface area contributed by atoms with Crippen molar-refractivity contribution in [1.82, 2.24) is 15.5 Å². The Hall–Kier alpha value is -2.30. The first-order chi connectivity index (χ1) is 9.83. The molecule has 0 saturated heterocycles. The number of H-pyrrole nitrogens is 1. The summed E-state index contributed by atoms with van der Waals surface area (Å²) in [5, 5.41) is 10.0. The zero-order valence-electron chi connectivity index (χ0n) is 11.1. The molecule has 0 radical (unpaired) electrons. The minimum atomic E-state index is -0.110. The number of hydrogen-bond acceptors (Lipinski definition) is 3. The van der Waals surface area contributed by atoms with Crippen molar-refractivity contribution in [3.05, 3.63) is 47.8 Å². The Morgan fingerprint density at radius 3 is 3.10 bits per heavy atom. The van der Waals surface area contributed by atoms with Gasteiger partial charge in [-0.15, -0.1) is 0 Å². The van der Waals surface area contributed by atoms with E-state index in [0.29, 0.717) is 5.75 Å². The van der Waals surface area contributed by atoms with Gasteiger partial charge < -0.3 is 10.1 Å². The zero-order valence-corrected chi connectivity index (χ0v) is 11.1. The maximum Gasteiger partial charge on any atom is 0.258 e. The average molecular weight is 271 g/mol. The second kappa shape index (κ2) is 5.77. The standard InChI is InChI=1S/C15H17N3O2/c19-14(10-20-12-6-2-1-3-7-12)17-13-8-4-5-11-9-16-18-15(11)13/h1-3,6-7,9,13H,4-5,8,10H2,(H,16,18)(H,17,19)/t13-/m1/s1. The summed E-state index contributed by atoms with van der Waals surface area (Å²) < 4.78 is 5.44. The Kier molecular flexibility index (Phi) is 3.67. The summed E-state index contributed by atoms with van der Waals surface area (Å²) in [6, 6.07) is 9.36. The number of hydrogen-bond donors (Lipinski definition) is 2. The molecule has 20 heavy (non-hydrogen) atoms. The van der Waals surface area contributed by atoms with Crippen LogP contribution < -0.4 is 10.1 Å². The van der Waals surface area contributed by atoms with Crippen LogP contribution in [0, 0.1) is 0 Å². The van der Waals surface area contributed by atoms with Crippen molar-refractivity contribution in [2.24, 2.45) is 0 Å². The minimum absolute atomic E-state index is 0.0214. The number of ether oxygens (including phenoxy) is 1. The highest BCUT2D eigenvalue weighted by atomic mass is 16.5. The third-order valence-corrected chi connectivity index (χ3v) is 3.49. The Labute approximate surface area is 117 Å². The van der Waals surface area contributed by atoms with Crippen molar-refractivity contribution >= 4 is 5.91 Å². The van der Waals surface area contributed by atoms with Crippen molar-refractivity contribution < 1.29 is 9.53 Å². The summed E-state index contributed by atoms with van der Waals surface area (Å²) in [7, 11) is 0. The first kappa shape index (κ1) is 12.7. The maximum absolute atomic E-state index is 11.9. The molecule has 5 heteroatoms. The van der Waals surface area contributed by atoms with Gasteiger partial charge in [-0.05, 0) is 37.0 Å². The molecule has 0 fully saturated rings. The third kappa shape index (κ3) is 2.82. The Bertz CT molecular complexity index is 580. The van der Waals surface area contributed by atoms with E-state index in [1.807, 2.05) is 36.5 Å². The summed E-state index contributed by atoms with van der Waals surface area (Å²) in [6.07, 6.45) is 4.87. The van der Waals surface area contributed by atoms with Gasteiger partial charge in [0.2, 0.25) is 0 Å². The van der Waals surface area contributed by atoms with Gasteiger partial charge in [-0.2, -0.15) is 5.10 Å². The van der Waals surface area contributed by atoms with Crippen LogP contribution in [-0.4, -0.2) is 22.7 Å². The van der Waals surface area contributed by atoms with Crippen LogP contribution in [-0.2, 0) is 11.2 Å². The number of aromatic nitrogens is 2. The molecule has 1 amide bonds. The molecular weight excluding hydrogens is 254 g/mol. The molecule has 2 aromatic rings. The highest BCUT2D eigenvalue weighted by Crippen LogP contribution is 2.27. The van der Waals surface area contributed by atoms with Gasteiger partial charge in [-0.25, -0.2) is 0 Å². The van der Waals surface area contributed by atoms with Crippen molar-refractivity contribution in [3.63, 3.8) is 0 Å². The van der Waals surface area contributed by atoms with E-state index < -0.39 is 0 Å². The molecule has 0 saturated carbocycles. The van der Waals surface area contributed by atoms with Gasteiger partial charge in [-0.3, -0.25) is 9.89 Å². The lowest BCUT2D eigenvalue weighted by Crippen LogP contribution is -2.34. The molecular formula is C15H17N3O2. The number of nitrogens with zero attached hydrogens (tertiary/aromatic N) is 1. The van der Waals surface area contributed by atoms with Gasteiger partial charge in [0.05, 0.1) is 17.9 Å². The SMILES string of the molecule is O=C(COc1ccccc1)N[C@@H]1CCCc2cn[nH]c21. The molecule has 1 atom stereocenters. The van der Waals surface area contributed by atoms with E-state index in [9.17, 15) is 4.79 Å². The van der Waals surface area contributed by atoms with Crippen LogP contribution in [0.2, 0.25) is 0 Å². The fraction of sp³-hybridized carbons (Fsp3) is 0.333. The second-order valence-electron chi connectivity index (χ2n) is 4.92. The van der Waals surface area contributed by atoms with Gasteiger partial charge in [0, 0.05) is 0 Å². The largest absolute Gasteiger partial charge is 0.484 e. The lowest BCUT2D eigenvalue weighted by atomic mass is 9.94. The molecule has 1 heterocycles. The number of rotatable bonds is 4. The number of para-hydroxylation sites is 1. The molecule has 104 valence electrons. The van der Waals surface area contributed by atoms with E-state index in [-0.39, 0.29) is 18.6 Å². The van der Waals surface area contributed by atoms with Crippen LogP contribution >= 0.6 is 0 Å². The van der Waals surface area contributed by atoms with E-state index in [4.69, 9.17) is 4.74 Å². The number of carbonyl (C=O) groups excluding carboxylic acids is 1. The molecule has 1 aliphatic carbocycles. The first-order valence-electron chi connectivity index (χ1n) is 6.82. The molecule has 1 aliphatic rings. The summed E-state index contributed by atoms with van der Waals surface area (Å²) in [5.41, 5.74) is 2.23. The molecule has 0 bridgehead atoms. The van der Waals surface area contributed by atoms with Gasteiger partial charge in [0.1, 0.15) is 5.75 Å². The highest BCUT2D eigenvalue weighted by Gasteiger charge is 2.23. The van der Waals surface area contributed by atoms with Crippen LogP contribution in [0.5, 0.6) is 5.75 Å². The predicted octanol–water partition coefficient (Wildman–Crippen LogP) is 1.98. The van der Waals surface area contributed by atoms with Crippen LogP contribution in [0.1, 0.15) is 30.1 Å². The lowest BCUT2D eigenvalue weighted by Gasteiger charge is -2.22. The van der Waals surface area contributed by atoms with Crippen molar-refractivity contribution in [3.8, 4) is 5.75 Å². The predicted molar refractivity (Wildman–Crippen MR) is 74.3 cm³/mol. The third-order valence-electron chi connectivity index (χ3n) is 3.49. The van der Waals surface area contributed by atoms with Crippen LogP contribution in [0.3, 0.4) is 0 Å². The number of amides is 1. The van der Waals surface area contributed by atoms with Crippen LogP contribution in [0.25, 0.3) is 0 Å². The molecule has 0 unspecified atom stereocenters. The van der Waals surface area contributed by atoms with E-state index >= 15 is 0 Å². The smallest absolute Gasteiger partial charge is 0.258 e. The van der Waals surface area contributed by atoms with E-state index in [0.717, 1.165) is 25.0 Å². The van der Waals surface area contributed by atoms with Gasteiger partial charge in [0.15, 0.2) is 6.61 Å². The Morgan fingerprint density at radius 2 is 2.25 bits per heavy atom. The lowest BCUT2D eigenvalue weighted by molar-refractivity contribution is -0.124. The number of benzene rings is 1. The molecule has 1 aromatic heterocycles. The number of fused-ring (bicyclic) bond motifs is 1. The van der Waals surface area contributed by atoms with Crippen molar-refractivity contribution in [2.75, 3.05) is 6.61 Å². The zero-order chi connectivity index (χ0) is 13.8. The highest BCUT2D eigenvalue weighted by molar-refractivity contribution is 5.78. The van der Waals surface area contributed by atoms with E-state index in [1.54, 1.807) is 0 Å². The number of aryl methyl sites for hydroxylation is 1. The normalized spacial score (nSPS) is 17.3. The monoisotopic (exact) mass is 271 g/mol. The quantitative estimate of drug-likeness (QED) is 0.893. The Morgan fingerprint density at radius 1 is 1.40 bits per heavy atom. The second-order valence-corrected chi connectivity index (χ2v) is 4.92. The molecule has 1 aromatic carbocycles. The number of nitrogens with one attached hydrogen (secondary N) is 2. The summed E-state index contributed by atoms with van der Waals surface area (Å²) in [4.78, 5) is 11.9. The van der Waals surface area contributed by atoms with Crippen molar-refractivity contribution in [2.45, 2.75) is 25.3 Å². The van der Waals surface area contributed by atoms with E-state index in [2.05, 4.69) is 15.5 Å². The maximum atomic E-state index is 11.9.